The van der Waals surface area contributed by atoms with Crippen molar-refractivity contribution in [2.75, 3.05) is 13.1 Å². The summed E-state index contributed by atoms with van der Waals surface area (Å²) in [5, 5.41) is 2.01. The molecule has 2 aliphatic heterocycles. The number of thiazole rings is 1. The van der Waals surface area contributed by atoms with Gasteiger partial charge in [-0.15, -0.1) is 11.3 Å². The van der Waals surface area contributed by atoms with E-state index >= 15 is 0 Å². The van der Waals surface area contributed by atoms with Gasteiger partial charge in [-0.25, -0.2) is 15.0 Å². The van der Waals surface area contributed by atoms with Gasteiger partial charge in [0.15, 0.2) is 5.82 Å². The Hall–Kier alpha value is -2.80. The van der Waals surface area contributed by atoms with Crippen LogP contribution in [0.3, 0.4) is 0 Å². The molecule has 1 saturated heterocycles. The Morgan fingerprint density at radius 2 is 2.21 bits per heavy atom. The lowest BCUT2D eigenvalue weighted by Crippen LogP contribution is -2.35. The number of hydrogen-bond acceptors (Lipinski definition) is 6. The Kier molecular flexibility index (Phi) is 4.85. The number of amidine groups is 1. The van der Waals surface area contributed by atoms with Crippen LogP contribution < -0.4 is 5.73 Å². The van der Waals surface area contributed by atoms with Crippen LogP contribution in [0.4, 0.5) is 5.82 Å². The quantitative estimate of drug-likeness (QED) is 0.810. The smallest absolute Gasteiger partial charge is 0.246 e. The number of hydrogen-bond donors (Lipinski definition) is 1. The Morgan fingerprint density at radius 1 is 1.36 bits per heavy atom. The normalized spacial score (nSPS) is 19.9. The molecule has 0 spiro atoms. The highest BCUT2D eigenvalue weighted by Gasteiger charge is 2.29. The van der Waals surface area contributed by atoms with E-state index in [-0.39, 0.29) is 11.3 Å². The summed E-state index contributed by atoms with van der Waals surface area (Å²) in [5.41, 5.74) is 11.8. The maximum atomic E-state index is 12.5. The lowest BCUT2D eigenvalue weighted by atomic mass is 9.82. The summed E-state index contributed by atoms with van der Waals surface area (Å²) in [4.78, 5) is 27.5. The van der Waals surface area contributed by atoms with Crippen LogP contribution in [0.15, 0.2) is 39.8 Å². The average molecular weight is 394 g/mol. The third-order valence-corrected chi connectivity index (χ3v) is 5.75. The van der Waals surface area contributed by atoms with Crippen molar-refractivity contribution in [1.82, 2.24) is 14.9 Å². The molecule has 2 N–H and O–H groups in total. The average Bonchev–Trinajstić information content (AvgIpc) is 3.33. The van der Waals surface area contributed by atoms with Crippen LogP contribution in [0.1, 0.15) is 37.1 Å². The number of fused-ring (bicyclic) bond motifs is 1. The fourth-order valence-corrected chi connectivity index (χ4v) is 3.95. The molecule has 0 bridgehead atoms. The minimum Gasteiger partial charge on any atom is -0.387 e. The number of aromatic nitrogens is 2. The summed E-state index contributed by atoms with van der Waals surface area (Å²) in [6.45, 7) is 5.55. The summed E-state index contributed by atoms with van der Waals surface area (Å²) in [5.74, 6) is 1.31. The van der Waals surface area contributed by atoms with E-state index in [0.717, 1.165) is 36.2 Å². The second-order valence-corrected chi connectivity index (χ2v) is 8.59. The molecule has 0 radical (unpaired) electrons. The third kappa shape index (κ3) is 3.89. The summed E-state index contributed by atoms with van der Waals surface area (Å²) < 4.78 is 0. The van der Waals surface area contributed by atoms with E-state index in [9.17, 15) is 4.79 Å². The highest BCUT2D eigenvalue weighted by molar-refractivity contribution is 7.07. The highest BCUT2D eigenvalue weighted by atomic mass is 32.1. The lowest BCUT2D eigenvalue weighted by Gasteiger charge is -2.28. The van der Waals surface area contributed by atoms with E-state index < -0.39 is 0 Å². The van der Waals surface area contributed by atoms with Gasteiger partial charge >= 0.3 is 0 Å². The number of amides is 1. The first-order valence-corrected chi connectivity index (χ1v) is 10.2. The van der Waals surface area contributed by atoms with Gasteiger partial charge in [-0.1, -0.05) is 13.8 Å². The van der Waals surface area contributed by atoms with Gasteiger partial charge in [-0.2, -0.15) is 0 Å². The predicted molar refractivity (Wildman–Crippen MR) is 113 cm³/mol. The zero-order valence-corrected chi connectivity index (χ0v) is 16.9. The predicted octanol–water partition coefficient (Wildman–Crippen LogP) is 3.44. The fraction of sp³-hybridized carbons (Fsp3) is 0.333. The van der Waals surface area contributed by atoms with Gasteiger partial charge in [0.05, 0.1) is 11.2 Å². The monoisotopic (exact) mass is 393 g/mol. The van der Waals surface area contributed by atoms with Crippen molar-refractivity contribution in [3.8, 4) is 0 Å². The Bertz CT molecular complexity index is 988. The summed E-state index contributed by atoms with van der Waals surface area (Å²) in [7, 11) is 0. The van der Waals surface area contributed by atoms with E-state index in [1.165, 1.54) is 5.57 Å². The topological polar surface area (TPSA) is 84.5 Å². The molecule has 2 aromatic rings. The van der Waals surface area contributed by atoms with Gasteiger partial charge in [0.1, 0.15) is 5.84 Å². The molecule has 0 aliphatic carbocycles. The van der Waals surface area contributed by atoms with Crippen molar-refractivity contribution in [2.24, 2.45) is 16.1 Å². The van der Waals surface area contributed by atoms with Crippen LogP contribution in [-0.2, 0) is 11.2 Å². The largest absolute Gasteiger partial charge is 0.387 e. The van der Waals surface area contributed by atoms with Gasteiger partial charge < -0.3 is 10.6 Å². The zero-order chi connectivity index (χ0) is 19.7. The van der Waals surface area contributed by atoms with Crippen molar-refractivity contribution in [1.29, 1.82) is 0 Å². The standard InChI is InChI=1S/C21H23N5OS/c1-21(2)9-16-7-14(10-23-19(16)25-20(21)22)3-4-18(27)26-6-5-15(11-26)8-17-12-28-13-24-17/h3-4,7-8,10,12-13H,5-6,9,11H2,1-2H3,(H2,22,23,25)/b4-3+,15-8?. The molecule has 1 fully saturated rings. The lowest BCUT2D eigenvalue weighted by molar-refractivity contribution is -0.124. The van der Waals surface area contributed by atoms with Gasteiger partial charge in [-0.05, 0) is 47.8 Å². The minimum absolute atomic E-state index is 0.0157. The van der Waals surface area contributed by atoms with Crippen LogP contribution >= 0.6 is 11.3 Å². The molecular weight excluding hydrogens is 370 g/mol. The van der Waals surface area contributed by atoms with E-state index in [4.69, 9.17) is 5.73 Å². The molecule has 4 heterocycles. The van der Waals surface area contributed by atoms with E-state index in [1.807, 2.05) is 27.9 Å². The third-order valence-electron chi connectivity index (χ3n) is 5.15. The number of aliphatic imine (C=N–C) groups is 1. The molecule has 0 atom stereocenters. The van der Waals surface area contributed by atoms with Crippen molar-refractivity contribution in [3.63, 3.8) is 0 Å². The molecule has 2 aliphatic rings. The Labute approximate surface area is 168 Å². The van der Waals surface area contributed by atoms with Gasteiger partial charge in [-0.3, -0.25) is 4.79 Å². The zero-order valence-electron chi connectivity index (χ0n) is 16.1. The summed E-state index contributed by atoms with van der Waals surface area (Å²) >= 11 is 1.58. The van der Waals surface area contributed by atoms with Crippen molar-refractivity contribution in [3.05, 3.63) is 51.6 Å². The second-order valence-electron chi connectivity index (χ2n) is 7.87. The fourth-order valence-electron chi connectivity index (χ4n) is 3.44. The molecule has 0 saturated carbocycles. The molecule has 0 aromatic carbocycles. The maximum Gasteiger partial charge on any atom is 0.246 e. The number of nitrogens with zero attached hydrogens (tertiary/aromatic N) is 4. The molecule has 7 heteroatoms. The summed E-state index contributed by atoms with van der Waals surface area (Å²) in [6.07, 6.45) is 8.94. The van der Waals surface area contributed by atoms with Gasteiger partial charge in [0.25, 0.3) is 0 Å². The van der Waals surface area contributed by atoms with Crippen LogP contribution in [0.2, 0.25) is 0 Å². The Balaban J connectivity index is 1.43. The second kappa shape index (κ2) is 7.31. The molecular formula is C21H23N5OS. The van der Waals surface area contributed by atoms with E-state index in [1.54, 1.807) is 23.6 Å². The van der Waals surface area contributed by atoms with Crippen LogP contribution in [0, 0.1) is 5.41 Å². The van der Waals surface area contributed by atoms with Crippen LogP contribution in [-0.4, -0.2) is 39.7 Å². The molecule has 0 unspecified atom stereocenters. The van der Waals surface area contributed by atoms with Crippen molar-refractivity contribution in [2.45, 2.75) is 26.7 Å². The highest BCUT2D eigenvalue weighted by Crippen LogP contribution is 2.33. The first-order chi connectivity index (χ1) is 13.4. The summed E-state index contributed by atoms with van der Waals surface area (Å²) in [6, 6.07) is 2.04. The minimum atomic E-state index is -0.178. The van der Waals surface area contributed by atoms with E-state index in [2.05, 4.69) is 34.9 Å². The molecule has 144 valence electrons. The number of pyridine rings is 1. The number of likely N-dealkylation sites (tertiary alicyclic amines) is 1. The molecule has 6 nitrogen and oxygen atoms in total. The Morgan fingerprint density at radius 3 is 3.00 bits per heavy atom. The van der Waals surface area contributed by atoms with Gasteiger partial charge in [0, 0.05) is 36.2 Å². The number of rotatable bonds is 3. The SMILES string of the molecule is CC1(C)Cc2cc(/C=C/C(=O)N3CCC(=Cc4cscn4)C3)cnc2N=C1N. The molecule has 1 amide bonds. The number of carbonyl (C=O) groups is 1. The van der Waals surface area contributed by atoms with E-state index in [0.29, 0.717) is 18.2 Å². The molecule has 4 rings (SSSR count). The number of nitrogens with two attached hydrogens (primary N) is 1. The van der Waals surface area contributed by atoms with Crippen molar-refractivity contribution < 1.29 is 4.79 Å². The molecule has 28 heavy (non-hydrogen) atoms. The first kappa shape index (κ1) is 18.6. The van der Waals surface area contributed by atoms with Crippen LogP contribution in [0.25, 0.3) is 12.2 Å². The van der Waals surface area contributed by atoms with Crippen molar-refractivity contribution >= 4 is 41.0 Å². The first-order valence-electron chi connectivity index (χ1n) is 9.29. The number of carbonyl (C=O) groups excluding carboxylic acids is 1. The maximum absolute atomic E-state index is 12.5. The van der Waals surface area contributed by atoms with Crippen LogP contribution in [0.5, 0.6) is 0 Å². The molecule has 2 aromatic heterocycles. The van der Waals surface area contributed by atoms with Gasteiger partial charge in [0.2, 0.25) is 5.91 Å².